The topological polar surface area (TPSA) is 83.5 Å². The van der Waals surface area contributed by atoms with Crippen molar-refractivity contribution in [2.75, 3.05) is 6.54 Å². The first-order valence-electron chi connectivity index (χ1n) is 5.99. The zero-order valence-electron chi connectivity index (χ0n) is 11.5. The number of hydrogen-bond donors (Lipinski definition) is 2. The number of sulfonamides is 1. The number of hydrogen-bond acceptors (Lipinski definition) is 4. The first-order valence-corrected chi connectivity index (χ1v) is 8.67. The highest BCUT2D eigenvalue weighted by molar-refractivity contribution is 7.91. The van der Waals surface area contributed by atoms with Crippen LogP contribution in [-0.2, 0) is 14.8 Å². The second-order valence-electron chi connectivity index (χ2n) is 5.71. The second kappa shape index (κ2) is 6.43. The van der Waals surface area contributed by atoms with Crippen LogP contribution in [0.1, 0.15) is 27.2 Å². The Morgan fingerprint density at radius 1 is 1.45 bits per heavy atom. The average molecular weight is 340 g/mol. The van der Waals surface area contributed by atoms with Crippen molar-refractivity contribution in [3.05, 3.63) is 16.5 Å². The fourth-order valence-electron chi connectivity index (χ4n) is 1.71. The van der Waals surface area contributed by atoms with Gasteiger partial charge in [-0.25, -0.2) is 13.1 Å². The average Bonchev–Trinajstić information content (AvgIpc) is 2.70. The van der Waals surface area contributed by atoms with Crippen LogP contribution in [0.3, 0.4) is 0 Å². The molecule has 114 valence electrons. The predicted molar refractivity (Wildman–Crippen MR) is 79.7 cm³/mol. The van der Waals surface area contributed by atoms with Crippen LogP contribution in [0, 0.1) is 11.3 Å². The molecule has 0 aliphatic heterocycles. The van der Waals surface area contributed by atoms with Gasteiger partial charge < -0.3 is 5.11 Å². The summed E-state index contributed by atoms with van der Waals surface area (Å²) in [6, 6.07) is 2.89. The standard InChI is InChI=1S/C12H18ClNO4S2/c1-12(2,3)6-8(11(15)16)7-14-20(17,18)10-5-4-9(13)19-10/h4-5,8,14H,6-7H2,1-3H3,(H,15,16). The highest BCUT2D eigenvalue weighted by Crippen LogP contribution is 2.27. The zero-order chi connectivity index (χ0) is 15.6. The molecule has 0 bridgehead atoms. The van der Waals surface area contributed by atoms with Crippen LogP contribution in [0.25, 0.3) is 0 Å². The number of rotatable bonds is 6. The third-order valence-corrected chi connectivity index (χ3v) is 5.69. The van der Waals surface area contributed by atoms with Crippen molar-refractivity contribution in [1.82, 2.24) is 4.72 Å². The summed E-state index contributed by atoms with van der Waals surface area (Å²) in [4.78, 5) is 11.2. The van der Waals surface area contributed by atoms with Crippen LogP contribution >= 0.6 is 22.9 Å². The summed E-state index contributed by atoms with van der Waals surface area (Å²) in [7, 11) is -3.70. The third-order valence-electron chi connectivity index (χ3n) is 2.54. The number of thiophene rings is 1. The summed E-state index contributed by atoms with van der Waals surface area (Å²) in [5.74, 6) is -1.77. The maximum atomic E-state index is 12.0. The highest BCUT2D eigenvalue weighted by atomic mass is 35.5. The first-order chi connectivity index (χ1) is 9.01. The van der Waals surface area contributed by atoms with E-state index >= 15 is 0 Å². The van der Waals surface area contributed by atoms with Gasteiger partial charge in [0, 0.05) is 6.54 Å². The second-order valence-corrected chi connectivity index (χ2v) is 9.42. The lowest BCUT2D eigenvalue weighted by atomic mass is 9.85. The molecule has 0 saturated heterocycles. The number of carboxylic acids is 1. The fourth-order valence-corrected chi connectivity index (χ4v) is 4.32. The number of carboxylic acid groups (broad SMARTS) is 1. The number of nitrogens with one attached hydrogen (secondary N) is 1. The van der Waals surface area contributed by atoms with Gasteiger partial charge in [-0.2, -0.15) is 0 Å². The lowest BCUT2D eigenvalue weighted by molar-refractivity contribution is -0.142. The van der Waals surface area contributed by atoms with Gasteiger partial charge in [-0.05, 0) is 24.0 Å². The molecule has 0 aromatic carbocycles. The summed E-state index contributed by atoms with van der Waals surface area (Å²) >= 11 is 6.63. The Morgan fingerprint density at radius 3 is 2.45 bits per heavy atom. The Hall–Kier alpha value is -0.630. The molecular weight excluding hydrogens is 322 g/mol. The number of aliphatic carboxylic acids is 1. The molecule has 1 heterocycles. The minimum Gasteiger partial charge on any atom is -0.481 e. The molecule has 5 nitrogen and oxygen atoms in total. The van der Waals surface area contributed by atoms with Crippen LogP contribution in [0.5, 0.6) is 0 Å². The SMILES string of the molecule is CC(C)(C)CC(CNS(=O)(=O)c1ccc(Cl)s1)C(=O)O. The van der Waals surface area contributed by atoms with Gasteiger partial charge >= 0.3 is 5.97 Å². The number of halogens is 1. The normalized spacial score (nSPS) is 14.2. The van der Waals surface area contributed by atoms with E-state index in [2.05, 4.69) is 4.72 Å². The maximum Gasteiger partial charge on any atom is 0.307 e. The van der Waals surface area contributed by atoms with Gasteiger partial charge in [0.25, 0.3) is 0 Å². The molecule has 0 saturated carbocycles. The van der Waals surface area contributed by atoms with E-state index in [0.717, 1.165) is 11.3 Å². The maximum absolute atomic E-state index is 12.0. The Bertz CT molecular complexity index is 575. The molecule has 0 amide bonds. The zero-order valence-corrected chi connectivity index (χ0v) is 13.9. The van der Waals surface area contributed by atoms with Crippen LogP contribution in [0.4, 0.5) is 0 Å². The van der Waals surface area contributed by atoms with Crippen LogP contribution in [0.15, 0.2) is 16.3 Å². The van der Waals surface area contributed by atoms with Crippen LogP contribution in [0.2, 0.25) is 4.34 Å². The highest BCUT2D eigenvalue weighted by Gasteiger charge is 2.27. The lowest BCUT2D eigenvalue weighted by Gasteiger charge is -2.23. The van der Waals surface area contributed by atoms with E-state index in [1.165, 1.54) is 12.1 Å². The Morgan fingerprint density at radius 2 is 2.05 bits per heavy atom. The van der Waals surface area contributed by atoms with E-state index in [1.807, 2.05) is 20.8 Å². The van der Waals surface area contributed by atoms with E-state index < -0.39 is 21.9 Å². The number of carbonyl (C=O) groups is 1. The van der Waals surface area contributed by atoms with E-state index in [1.54, 1.807) is 0 Å². The summed E-state index contributed by atoms with van der Waals surface area (Å²) < 4.78 is 26.8. The lowest BCUT2D eigenvalue weighted by Crippen LogP contribution is -2.34. The Kier molecular flexibility index (Phi) is 5.60. The van der Waals surface area contributed by atoms with E-state index in [9.17, 15) is 13.2 Å². The molecule has 1 aromatic heterocycles. The monoisotopic (exact) mass is 339 g/mol. The molecule has 8 heteroatoms. The first kappa shape index (κ1) is 17.4. The van der Waals surface area contributed by atoms with Crippen molar-refractivity contribution in [2.45, 2.75) is 31.4 Å². The summed E-state index contributed by atoms with van der Waals surface area (Å²) in [5.41, 5.74) is -0.194. The van der Waals surface area contributed by atoms with Crippen LogP contribution < -0.4 is 4.72 Å². The molecular formula is C12H18ClNO4S2. The van der Waals surface area contributed by atoms with Gasteiger partial charge in [-0.15, -0.1) is 11.3 Å². The Balaban J connectivity index is 2.75. The van der Waals surface area contributed by atoms with Gasteiger partial charge in [0.15, 0.2) is 0 Å². The molecule has 1 unspecified atom stereocenters. The largest absolute Gasteiger partial charge is 0.481 e. The third kappa shape index (κ3) is 5.40. The molecule has 0 fully saturated rings. The molecule has 1 rings (SSSR count). The van der Waals surface area contributed by atoms with Crippen molar-refractivity contribution in [2.24, 2.45) is 11.3 Å². The Labute approximate surface area is 128 Å². The summed E-state index contributed by atoms with van der Waals surface area (Å²) in [6.45, 7) is 5.61. The van der Waals surface area contributed by atoms with Crippen molar-refractivity contribution in [3.63, 3.8) is 0 Å². The predicted octanol–water partition coefficient (Wildman–Crippen LogP) is 2.82. The summed E-state index contributed by atoms with van der Waals surface area (Å²) in [5, 5.41) is 9.15. The van der Waals surface area contributed by atoms with E-state index in [4.69, 9.17) is 16.7 Å². The molecule has 0 spiro atoms. The van der Waals surface area contributed by atoms with Gasteiger partial charge in [0.05, 0.1) is 10.3 Å². The minimum atomic E-state index is -3.70. The molecule has 0 radical (unpaired) electrons. The molecule has 1 aromatic rings. The van der Waals surface area contributed by atoms with Crippen molar-refractivity contribution in [3.8, 4) is 0 Å². The van der Waals surface area contributed by atoms with Gasteiger partial charge in [0.2, 0.25) is 10.0 Å². The molecule has 2 N–H and O–H groups in total. The van der Waals surface area contributed by atoms with E-state index in [-0.39, 0.29) is 16.2 Å². The summed E-state index contributed by atoms with van der Waals surface area (Å²) in [6.07, 6.45) is 0.385. The van der Waals surface area contributed by atoms with E-state index in [0.29, 0.717) is 10.8 Å². The minimum absolute atomic E-state index is 0.0856. The fraction of sp³-hybridized carbons (Fsp3) is 0.583. The molecule has 20 heavy (non-hydrogen) atoms. The van der Waals surface area contributed by atoms with Crippen molar-refractivity contribution in [1.29, 1.82) is 0 Å². The molecule has 1 atom stereocenters. The smallest absolute Gasteiger partial charge is 0.307 e. The van der Waals surface area contributed by atoms with Crippen LogP contribution in [-0.4, -0.2) is 26.0 Å². The molecule has 0 aliphatic carbocycles. The van der Waals surface area contributed by atoms with Gasteiger partial charge in [0.1, 0.15) is 4.21 Å². The van der Waals surface area contributed by atoms with Crippen molar-refractivity contribution < 1.29 is 18.3 Å². The quantitative estimate of drug-likeness (QED) is 0.834. The molecule has 0 aliphatic rings. The van der Waals surface area contributed by atoms with Crippen molar-refractivity contribution >= 4 is 38.9 Å². The van der Waals surface area contributed by atoms with Gasteiger partial charge in [-0.1, -0.05) is 32.4 Å². The van der Waals surface area contributed by atoms with Gasteiger partial charge in [-0.3, -0.25) is 4.79 Å².